The topological polar surface area (TPSA) is 72.5 Å². The van der Waals surface area contributed by atoms with E-state index in [0.29, 0.717) is 0 Å². The molecule has 0 saturated carbocycles. The highest BCUT2D eigenvalue weighted by Crippen LogP contribution is 2.26. The molecular weight excluding hydrogens is 292 g/mol. The van der Waals surface area contributed by atoms with Crippen LogP contribution in [0.25, 0.3) is 0 Å². The van der Waals surface area contributed by atoms with Gasteiger partial charge in [0.15, 0.2) is 0 Å². The molecule has 8 heteroatoms. The molecule has 1 N–H and O–H groups in total. The van der Waals surface area contributed by atoms with E-state index in [4.69, 9.17) is 4.74 Å². The van der Waals surface area contributed by atoms with Gasteiger partial charge in [-0.25, -0.2) is 13.2 Å². The minimum atomic E-state index is -4.80. The Balaban J connectivity index is 3.07. The van der Waals surface area contributed by atoms with Crippen molar-refractivity contribution in [1.82, 2.24) is 0 Å². The highest BCUT2D eigenvalue weighted by molar-refractivity contribution is 7.91. The Kier molecular flexibility index (Phi) is 4.69. The molecule has 0 aliphatic rings. The second-order valence-electron chi connectivity index (χ2n) is 4.93. The first kappa shape index (κ1) is 16.4. The maximum absolute atomic E-state index is 12.6. The highest BCUT2D eigenvalue weighted by atomic mass is 32.2. The highest BCUT2D eigenvalue weighted by Gasteiger charge is 2.30. The summed E-state index contributed by atoms with van der Waals surface area (Å²) >= 11 is 0. The summed E-state index contributed by atoms with van der Waals surface area (Å²) in [6.45, 7) is 4.86. The van der Waals surface area contributed by atoms with E-state index in [2.05, 4.69) is 5.32 Å². The number of hydrogen-bond acceptors (Lipinski definition) is 4. The molecule has 0 aliphatic heterocycles. The van der Waals surface area contributed by atoms with Gasteiger partial charge in [-0.05, 0) is 32.9 Å². The van der Waals surface area contributed by atoms with Gasteiger partial charge in [0.05, 0.1) is 10.6 Å². The molecule has 0 radical (unpaired) electrons. The second-order valence-corrected chi connectivity index (χ2v) is 6.81. The van der Waals surface area contributed by atoms with Crippen LogP contribution in [0.2, 0.25) is 0 Å². The van der Waals surface area contributed by atoms with E-state index in [-0.39, 0.29) is 5.69 Å². The van der Waals surface area contributed by atoms with Crippen LogP contribution in [-0.2, 0) is 14.6 Å². The number of sulfone groups is 1. The molecule has 5 nitrogen and oxygen atoms in total. The fourth-order valence-corrected chi connectivity index (χ4v) is 2.21. The maximum atomic E-state index is 12.6. The first-order chi connectivity index (χ1) is 9.04. The third kappa shape index (κ3) is 4.16. The monoisotopic (exact) mass is 307 g/mol. The van der Waals surface area contributed by atoms with Crippen LogP contribution in [0.1, 0.15) is 20.8 Å². The Morgan fingerprint density at radius 3 is 2.30 bits per heavy atom. The SMILES string of the molecule is CC(C)(C)OC(=O)Nc1ccccc1S(=O)(=O)C(F)F. The van der Waals surface area contributed by atoms with Crippen molar-refractivity contribution in [3.05, 3.63) is 24.3 Å². The van der Waals surface area contributed by atoms with E-state index in [0.717, 1.165) is 6.07 Å². The predicted octanol–water partition coefficient (Wildman–Crippen LogP) is 3.03. The van der Waals surface area contributed by atoms with Crippen molar-refractivity contribution >= 4 is 21.6 Å². The van der Waals surface area contributed by atoms with Gasteiger partial charge in [0, 0.05) is 0 Å². The van der Waals surface area contributed by atoms with Crippen LogP contribution in [0.4, 0.5) is 19.3 Å². The molecule has 20 heavy (non-hydrogen) atoms. The Hall–Kier alpha value is -1.70. The predicted molar refractivity (Wildman–Crippen MR) is 69.5 cm³/mol. The van der Waals surface area contributed by atoms with Crippen molar-refractivity contribution in [2.45, 2.75) is 37.0 Å². The van der Waals surface area contributed by atoms with Gasteiger partial charge >= 0.3 is 11.9 Å². The molecular formula is C12H15F2NO4S. The van der Waals surface area contributed by atoms with Crippen molar-refractivity contribution in [1.29, 1.82) is 0 Å². The van der Waals surface area contributed by atoms with Crippen molar-refractivity contribution in [2.24, 2.45) is 0 Å². The Morgan fingerprint density at radius 2 is 1.80 bits per heavy atom. The Labute approximate surface area is 115 Å². The van der Waals surface area contributed by atoms with Crippen LogP contribution >= 0.6 is 0 Å². The molecule has 0 unspecified atom stereocenters. The molecule has 0 spiro atoms. The minimum Gasteiger partial charge on any atom is -0.444 e. The van der Waals surface area contributed by atoms with Crippen molar-refractivity contribution in [2.75, 3.05) is 5.32 Å². The smallest absolute Gasteiger partial charge is 0.412 e. The number of carbonyl (C=O) groups is 1. The molecule has 1 aromatic rings. The largest absolute Gasteiger partial charge is 0.444 e. The van der Waals surface area contributed by atoms with Gasteiger partial charge in [-0.15, -0.1) is 0 Å². The number of hydrogen-bond donors (Lipinski definition) is 1. The maximum Gasteiger partial charge on any atom is 0.412 e. The van der Waals surface area contributed by atoms with Crippen molar-refractivity contribution in [3.63, 3.8) is 0 Å². The molecule has 1 aromatic carbocycles. The summed E-state index contributed by atoms with van der Waals surface area (Å²) in [6, 6.07) is 4.90. The van der Waals surface area contributed by atoms with Gasteiger partial charge in [0.25, 0.3) is 0 Å². The molecule has 1 amide bonds. The zero-order valence-electron chi connectivity index (χ0n) is 11.2. The number of nitrogens with one attached hydrogen (secondary N) is 1. The van der Waals surface area contributed by atoms with E-state index < -0.39 is 32.2 Å². The van der Waals surface area contributed by atoms with Crippen LogP contribution in [0, 0.1) is 0 Å². The summed E-state index contributed by atoms with van der Waals surface area (Å²) < 4.78 is 53.0. The molecule has 112 valence electrons. The summed E-state index contributed by atoms with van der Waals surface area (Å²) in [5.74, 6) is -3.57. The Bertz CT molecular complexity index is 594. The number of rotatable bonds is 3. The van der Waals surface area contributed by atoms with Crippen LogP contribution in [0.5, 0.6) is 0 Å². The molecule has 0 fully saturated rings. The lowest BCUT2D eigenvalue weighted by molar-refractivity contribution is 0.0635. The summed E-state index contributed by atoms with van der Waals surface area (Å²) in [7, 11) is -4.80. The van der Waals surface area contributed by atoms with E-state index in [1.165, 1.54) is 18.2 Å². The number of benzene rings is 1. The van der Waals surface area contributed by atoms with E-state index in [1.54, 1.807) is 20.8 Å². The minimum absolute atomic E-state index is 0.248. The quantitative estimate of drug-likeness (QED) is 0.931. The molecule has 0 aliphatic carbocycles. The molecule has 0 aromatic heterocycles. The third-order valence-electron chi connectivity index (χ3n) is 2.06. The van der Waals surface area contributed by atoms with Gasteiger partial charge in [-0.1, -0.05) is 12.1 Å². The lowest BCUT2D eigenvalue weighted by atomic mass is 10.2. The molecule has 0 bridgehead atoms. The molecule has 1 rings (SSSR count). The van der Waals surface area contributed by atoms with E-state index >= 15 is 0 Å². The van der Waals surface area contributed by atoms with E-state index in [1.807, 2.05) is 0 Å². The van der Waals surface area contributed by atoms with Crippen LogP contribution in [0.3, 0.4) is 0 Å². The van der Waals surface area contributed by atoms with Gasteiger partial charge in [0.1, 0.15) is 5.60 Å². The zero-order chi connectivity index (χ0) is 15.6. The summed E-state index contributed by atoms with van der Waals surface area (Å²) in [5, 5.41) is 2.15. The van der Waals surface area contributed by atoms with Crippen molar-refractivity contribution < 1.29 is 26.7 Å². The van der Waals surface area contributed by atoms with Crippen LogP contribution in [-0.4, -0.2) is 25.9 Å². The summed E-state index contributed by atoms with van der Waals surface area (Å²) in [4.78, 5) is 10.9. The van der Waals surface area contributed by atoms with E-state index in [9.17, 15) is 22.0 Å². The number of amides is 1. The first-order valence-corrected chi connectivity index (χ1v) is 7.20. The number of ether oxygens (including phenoxy) is 1. The van der Waals surface area contributed by atoms with Gasteiger partial charge in [-0.3, -0.25) is 5.32 Å². The third-order valence-corrected chi connectivity index (χ3v) is 3.50. The number of halogens is 2. The van der Waals surface area contributed by atoms with Crippen LogP contribution < -0.4 is 5.32 Å². The number of alkyl halides is 2. The normalized spacial score (nSPS) is 12.3. The fraction of sp³-hybridized carbons (Fsp3) is 0.417. The standard InChI is InChI=1S/C12H15F2NO4S/c1-12(2,3)19-11(16)15-8-6-4-5-7-9(8)20(17,18)10(13)14/h4-7,10H,1-3H3,(H,15,16). The Morgan fingerprint density at radius 1 is 1.25 bits per heavy atom. The average Bonchev–Trinajstić information content (AvgIpc) is 2.26. The number of anilines is 1. The zero-order valence-corrected chi connectivity index (χ0v) is 12.0. The lowest BCUT2D eigenvalue weighted by Crippen LogP contribution is -2.28. The first-order valence-electron chi connectivity index (χ1n) is 5.65. The summed E-state index contributed by atoms with van der Waals surface area (Å²) in [6.07, 6.45) is -0.922. The average molecular weight is 307 g/mol. The molecule has 0 atom stereocenters. The lowest BCUT2D eigenvalue weighted by Gasteiger charge is -2.20. The molecule has 0 heterocycles. The number of para-hydroxylation sites is 1. The summed E-state index contributed by atoms with van der Waals surface area (Å²) in [5.41, 5.74) is -1.04. The van der Waals surface area contributed by atoms with Crippen LogP contribution in [0.15, 0.2) is 29.2 Å². The second kappa shape index (κ2) is 5.74. The van der Waals surface area contributed by atoms with Gasteiger partial charge in [0.2, 0.25) is 9.84 Å². The van der Waals surface area contributed by atoms with Gasteiger partial charge in [-0.2, -0.15) is 8.78 Å². The fourth-order valence-electron chi connectivity index (χ4n) is 1.33. The van der Waals surface area contributed by atoms with Crippen molar-refractivity contribution in [3.8, 4) is 0 Å². The number of carbonyl (C=O) groups excluding carboxylic acids is 1. The molecule has 0 saturated heterocycles. The van der Waals surface area contributed by atoms with Gasteiger partial charge < -0.3 is 4.74 Å².